The zero-order chi connectivity index (χ0) is 18.6. The molecule has 136 valence electrons. The van der Waals surface area contributed by atoms with E-state index in [0.717, 1.165) is 34.1 Å². The summed E-state index contributed by atoms with van der Waals surface area (Å²) in [6.45, 7) is 12.6. The quantitative estimate of drug-likeness (QED) is 0.536. The summed E-state index contributed by atoms with van der Waals surface area (Å²) < 4.78 is 2.05. The summed E-state index contributed by atoms with van der Waals surface area (Å²) in [5, 5.41) is 10.1. The van der Waals surface area contributed by atoms with Crippen molar-refractivity contribution in [3.8, 4) is 0 Å². The van der Waals surface area contributed by atoms with Gasteiger partial charge in [0.15, 0.2) is 10.3 Å². The van der Waals surface area contributed by atoms with Gasteiger partial charge in [-0.2, -0.15) is 0 Å². The third-order valence-corrected chi connectivity index (χ3v) is 5.38. The van der Waals surface area contributed by atoms with Crippen LogP contribution in [0, 0.1) is 19.3 Å². The fourth-order valence-electron chi connectivity index (χ4n) is 2.08. The molecule has 2 rings (SSSR count). The SMILES string of the molecule is CCn1c(CSc2nc(C)cc(C)n2)nnc1SCC(=O)C(C)(C)C. The lowest BCUT2D eigenvalue weighted by Crippen LogP contribution is -2.22. The van der Waals surface area contributed by atoms with Gasteiger partial charge in [-0.25, -0.2) is 9.97 Å². The summed E-state index contributed by atoms with van der Waals surface area (Å²) in [6.07, 6.45) is 0. The second-order valence-electron chi connectivity index (χ2n) is 6.83. The van der Waals surface area contributed by atoms with E-state index in [4.69, 9.17) is 0 Å². The first-order valence-electron chi connectivity index (χ1n) is 8.24. The highest BCUT2D eigenvalue weighted by Gasteiger charge is 2.22. The molecule has 0 spiro atoms. The lowest BCUT2D eigenvalue weighted by Gasteiger charge is -2.15. The Morgan fingerprint density at radius 3 is 2.32 bits per heavy atom. The zero-order valence-corrected chi connectivity index (χ0v) is 17.3. The molecule has 0 aliphatic rings. The van der Waals surface area contributed by atoms with Crippen molar-refractivity contribution in [1.29, 1.82) is 0 Å². The number of thioether (sulfide) groups is 2. The Morgan fingerprint density at radius 1 is 1.12 bits per heavy atom. The minimum Gasteiger partial charge on any atom is -0.306 e. The lowest BCUT2D eigenvalue weighted by molar-refractivity contribution is -0.123. The van der Waals surface area contributed by atoms with Crippen molar-refractivity contribution in [2.24, 2.45) is 5.41 Å². The maximum absolute atomic E-state index is 12.1. The molecule has 8 heteroatoms. The summed E-state index contributed by atoms with van der Waals surface area (Å²) in [5.41, 5.74) is 1.59. The molecule has 2 heterocycles. The van der Waals surface area contributed by atoms with Crippen LogP contribution in [0.15, 0.2) is 16.4 Å². The highest BCUT2D eigenvalue weighted by molar-refractivity contribution is 7.99. The van der Waals surface area contributed by atoms with E-state index >= 15 is 0 Å². The van der Waals surface area contributed by atoms with Gasteiger partial charge in [-0.3, -0.25) is 4.79 Å². The molecule has 6 nitrogen and oxygen atoms in total. The van der Waals surface area contributed by atoms with Gasteiger partial charge in [0.05, 0.1) is 11.5 Å². The fourth-order valence-corrected chi connectivity index (χ4v) is 4.15. The van der Waals surface area contributed by atoms with Crippen LogP contribution in [-0.4, -0.2) is 36.3 Å². The Balaban J connectivity index is 2.05. The predicted molar refractivity (Wildman–Crippen MR) is 102 cm³/mol. The van der Waals surface area contributed by atoms with E-state index in [0.29, 0.717) is 11.5 Å². The molecular weight excluding hydrogens is 354 g/mol. The molecule has 0 aliphatic carbocycles. The molecule has 2 aromatic rings. The molecular formula is C17H25N5OS2. The van der Waals surface area contributed by atoms with E-state index in [1.807, 2.05) is 40.7 Å². The Bertz CT molecular complexity index is 732. The molecule has 0 saturated heterocycles. The van der Waals surface area contributed by atoms with Gasteiger partial charge in [-0.1, -0.05) is 44.3 Å². The monoisotopic (exact) mass is 379 g/mol. The van der Waals surface area contributed by atoms with Crippen LogP contribution < -0.4 is 0 Å². The van der Waals surface area contributed by atoms with Crippen molar-refractivity contribution >= 4 is 29.3 Å². The van der Waals surface area contributed by atoms with Crippen molar-refractivity contribution in [3.63, 3.8) is 0 Å². The van der Waals surface area contributed by atoms with Gasteiger partial charge in [-0.05, 0) is 26.8 Å². The van der Waals surface area contributed by atoms with Gasteiger partial charge in [0.1, 0.15) is 11.6 Å². The largest absolute Gasteiger partial charge is 0.306 e. The molecule has 0 bridgehead atoms. The molecule has 0 saturated carbocycles. The number of carbonyl (C=O) groups excluding carboxylic acids is 1. The minimum absolute atomic E-state index is 0.211. The lowest BCUT2D eigenvalue weighted by atomic mass is 9.92. The predicted octanol–water partition coefficient (Wildman–Crippen LogP) is 3.70. The maximum atomic E-state index is 12.1. The smallest absolute Gasteiger partial charge is 0.191 e. The molecule has 0 aromatic carbocycles. The molecule has 0 aliphatic heterocycles. The zero-order valence-electron chi connectivity index (χ0n) is 15.7. The Morgan fingerprint density at radius 2 is 1.76 bits per heavy atom. The van der Waals surface area contributed by atoms with Crippen LogP contribution in [0.25, 0.3) is 0 Å². The Kier molecular flexibility index (Phi) is 6.62. The van der Waals surface area contributed by atoms with Gasteiger partial charge < -0.3 is 4.57 Å². The van der Waals surface area contributed by atoms with Crippen LogP contribution in [0.3, 0.4) is 0 Å². The van der Waals surface area contributed by atoms with Crippen molar-refractivity contribution in [2.45, 2.75) is 64.2 Å². The van der Waals surface area contributed by atoms with Crippen molar-refractivity contribution in [1.82, 2.24) is 24.7 Å². The standard InChI is InChI=1S/C17H25N5OS2/c1-7-22-14(10-24-15-18-11(2)8-12(3)19-15)20-21-16(22)25-9-13(23)17(4,5)6/h8H,7,9-10H2,1-6H3. The highest BCUT2D eigenvalue weighted by atomic mass is 32.2. The number of Topliss-reactive ketones (excluding diaryl/α,β-unsaturated/α-hetero) is 1. The normalized spacial score (nSPS) is 11.8. The Labute approximate surface area is 157 Å². The van der Waals surface area contributed by atoms with Crippen LogP contribution in [0.1, 0.15) is 44.9 Å². The summed E-state index contributed by atoms with van der Waals surface area (Å²) in [4.78, 5) is 21.0. The molecule has 0 radical (unpaired) electrons. The number of aromatic nitrogens is 5. The van der Waals surface area contributed by atoms with Crippen molar-refractivity contribution < 1.29 is 4.79 Å². The van der Waals surface area contributed by atoms with Gasteiger partial charge >= 0.3 is 0 Å². The number of nitrogens with zero attached hydrogens (tertiary/aromatic N) is 5. The first kappa shape index (κ1) is 19.9. The number of hydrogen-bond donors (Lipinski definition) is 0. The van der Waals surface area contributed by atoms with Gasteiger partial charge in [-0.15, -0.1) is 10.2 Å². The van der Waals surface area contributed by atoms with Gasteiger partial charge in [0.25, 0.3) is 0 Å². The first-order valence-corrected chi connectivity index (χ1v) is 10.2. The summed E-state index contributed by atoms with van der Waals surface area (Å²) in [5.74, 6) is 2.15. The van der Waals surface area contributed by atoms with Crippen LogP contribution in [0.5, 0.6) is 0 Å². The second kappa shape index (κ2) is 8.31. The van der Waals surface area contributed by atoms with E-state index in [1.165, 1.54) is 11.8 Å². The van der Waals surface area contributed by atoms with E-state index in [1.54, 1.807) is 11.8 Å². The van der Waals surface area contributed by atoms with Crippen LogP contribution >= 0.6 is 23.5 Å². The van der Waals surface area contributed by atoms with E-state index < -0.39 is 0 Å². The molecule has 0 unspecified atom stereocenters. The third-order valence-electron chi connectivity index (χ3n) is 3.57. The number of hydrogen-bond acceptors (Lipinski definition) is 7. The summed E-state index contributed by atoms with van der Waals surface area (Å²) >= 11 is 3.00. The molecule has 0 fully saturated rings. The summed E-state index contributed by atoms with van der Waals surface area (Å²) in [7, 11) is 0. The third kappa shape index (κ3) is 5.54. The summed E-state index contributed by atoms with van der Waals surface area (Å²) in [6, 6.07) is 1.96. The number of aryl methyl sites for hydroxylation is 2. The van der Waals surface area contributed by atoms with Gasteiger partial charge in [0, 0.05) is 23.3 Å². The average Bonchev–Trinajstić information content (AvgIpc) is 2.90. The minimum atomic E-state index is -0.330. The molecule has 0 N–H and O–H groups in total. The maximum Gasteiger partial charge on any atom is 0.191 e. The second-order valence-corrected chi connectivity index (χ2v) is 8.71. The molecule has 2 aromatic heterocycles. The van der Waals surface area contributed by atoms with Crippen LogP contribution in [-0.2, 0) is 17.1 Å². The molecule has 0 atom stereocenters. The topological polar surface area (TPSA) is 73.6 Å². The van der Waals surface area contributed by atoms with Crippen molar-refractivity contribution in [2.75, 3.05) is 5.75 Å². The first-order chi connectivity index (χ1) is 11.7. The van der Waals surface area contributed by atoms with E-state index in [-0.39, 0.29) is 11.2 Å². The van der Waals surface area contributed by atoms with Crippen LogP contribution in [0.4, 0.5) is 0 Å². The number of carbonyl (C=O) groups is 1. The van der Waals surface area contributed by atoms with E-state index in [2.05, 4.69) is 31.7 Å². The molecule has 25 heavy (non-hydrogen) atoms. The molecule has 0 amide bonds. The average molecular weight is 380 g/mol. The van der Waals surface area contributed by atoms with Crippen LogP contribution in [0.2, 0.25) is 0 Å². The van der Waals surface area contributed by atoms with E-state index in [9.17, 15) is 4.79 Å². The number of ketones is 1. The fraction of sp³-hybridized carbons (Fsp3) is 0.588. The van der Waals surface area contributed by atoms with Crippen molar-refractivity contribution in [3.05, 3.63) is 23.3 Å². The number of rotatable bonds is 7. The Hall–Kier alpha value is -1.41. The van der Waals surface area contributed by atoms with Gasteiger partial charge in [0.2, 0.25) is 0 Å². The highest BCUT2D eigenvalue weighted by Crippen LogP contribution is 2.25.